The summed E-state index contributed by atoms with van der Waals surface area (Å²) in [6.07, 6.45) is 2.39. The van der Waals surface area contributed by atoms with Gasteiger partial charge >= 0.3 is 0 Å². The van der Waals surface area contributed by atoms with Gasteiger partial charge in [0, 0.05) is 26.8 Å². The molecular weight excluding hydrogens is 350 g/mol. The van der Waals surface area contributed by atoms with Crippen LogP contribution in [0.2, 0.25) is 5.02 Å². The molecule has 1 aliphatic carbocycles. The van der Waals surface area contributed by atoms with Crippen LogP contribution >= 0.6 is 27.5 Å². The SMILES string of the molecule is Nc1ccc(Br)c(-c2nc3cc(Cl)ccc3n2C2CC2)c1. The lowest BCUT2D eigenvalue weighted by atomic mass is 10.2. The Kier molecular flexibility index (Phi) is 2.98. The molecule has 2 aromatic carbocycles. The van der Waals surface area contributed by atoms with Gasteiger partial charge in [0.05, 0.1) is 11.0 Å². The number of halogens is 2. The van der Waals surface area contributed by atoms with Crippen molar-refractivity contribution in [2.75, 3.05) is 5.73 Å². The van der Waals surface area contributed by atoms with Crippen LogP contribution in [0.15, 0.2) is 40.9 Å². The molecule has 0 aliphatic heterocycles. The normalized spacial score (nSPS) is 14.8. The van der Waals surface area contributed by atoms with Gasteiger partial charge in [0.25, 0.3) is 0 Å². The molecule has 0 bridgehead atoms. The van der Waals surface area contributed by atoms with Crippen molar-refractivity contribution in [2.45, 2.75) is 18.9 Å². The summed E-state index contributed by atoms with van der Waals surface area (Å²) in [5.41, 5.74) is 9.77. The summed E-state index contributed by atoms with van der Waals surface area (Å²) in [5.74, 6) is 0.953. The van der Waals surface area contributed by atoms with Crippen LogP contribution in [0.5, 0.6) is 0 Å². The number of nitrogen functional groups attached to an aromatic ring is 1. The number of imidazole rings is 1. The van der Waals surface area contributed by atoms with E-state index in [1.165, 1.54) is 12.8 Å². The van der Waals surface area contributed by atoms with Crippen LogP contribution in [0.3, 0.4) is 0 Å². The highest BCUT2D eigenvalue weighted by Crippen LogP contribution is 2.43. The Labute approximate surface area is 135 Å². The Morgan fingerprint density at radius 3 is 2.76 bits per heavy atom. The number of hydrogen-bond donors (Lipinski definition) is 1. The van der Waals surface area contributed by atoms with Gasteiger partial charge in [-0.05, 0) is 49.2 Å². The Hall–Kier alpha value is -1.52. The molecule has 1 aliphatic rings. The lowest BCUT2D eigenvalue weighted by molar-refractivity contribution is 0.775. The number of benzene rings is 2. The van der Waals surface area contributed by atoms with Gasteiger partial charge in [-0.25, -0.2) is 4.98 Å². The van der Waals surface area contributed by atoms with Gasteiger partial charge in [0.15, 0.2) is 0 Å². The zero-order valence-electron chi connectivity index (χ0n) is 11.2. The molecule has 0 spiro atoms. The summed E-state index contributed by atoms with van der Waals surface area (Å²) in [6, 6.07) is 12.2. The van der Waals surface area contributed by atoms with Gasteiger partial charge in [0.2, 0.25) is 0 Å². The first-order chi connectivity index (χ1) is 10.1. The van der Waals surface area contributed by atoms with Crippen molar-refractivity contribution in [2.24, 2.45) is 0 Å². The number of nitrogens with zero attached hydrogens (tertiary/aromatic N) is 2. The lowest BCUT2D eigenvalue weighted by Gasteiger charge is -2.10. The standard InChI is InChI=1S/C16H13BrClN3/c17-13-5-2-10(19)8-12(13)16-20-14-7-9(18)1-6-15(14)21(16)11-3-4-11/h1-2,5-8,11H,3-4,19H2. The number of anilines is 1. The van der Waals surface area contributed by atoms with Gasteiger partial charge < -0.3 is 10.3 Å². The average molecular weight is 363 g/mol. The Morgan fingerprint density at radius 1 is 1.19 bits per heavy atom. The van der Waals surface area contributed by atoms with Crippen molar-refractivity contribution in [3.8, 4) is 11.4 Å². The van der Waals surface area contributed by atoms with Gasteiger partial charge in [0.1, 0.15) is 5.82 Å². The molecule has 0 amide bonds. The maximum Gasteiger partial charge on any atom is 0.142 e. The van der Waals surface area contributed by atoms with E-state index >= 15 is 0 Å². The molecule has 1 saturated carbocycles. The van der Waals surface area contributed by atoms with Crippen molar-refractivity contribution in [1.29, 1.82) is 0 Å². The van der Waals surface area contributed by atoms with E-state index in [1.54, 1.807) is 0 Å². The average Bonchev–Trinajstić information content (AvgIpc) is 3.22. The molecule has 1 fully saturated rings. The highest BCUT2D eigenvalue weighted by molar-refractivity contribution is 9.10. The van der Waals surface area contributed by atoms with Crippen molar-refractivity contribution in [3.05, 3.63) is 45.9 Å². The minimum absolute atomic E-state index is 0.527. The molecule has 0 unspecified atom stereocenters. The third-order valence-corrected chi connectivity index (χ3v) is 4.72. The van der Waals surface area contributed by atoms with E-state index in [-0.39, 0.29) is 0 Å². The lowest BCUT2D eigenvalue weighted by Crippen LogP contribution is -1.98. The van der Waals surface area contributed by atoms with Crippen LogP contribution in [0.4, 0.5) is 5.69 Å². The molecule has 1 aromatic heterocycles. The van der Waals surface area contributed by atoms with Crippen molar-refractivity contribution >= 4 is 44.3 Å². The summed E-state index contributed by atoms with van der Waals surface area (Å²) >= 11 is 9.71. The van der Waals surface area contributed by atoms with Crippen molar-refractivity contribution in [1.82, 2.24) is 9.55 Å². The van der Waals surface area contributed by atoms with Crippen LogP contribution in [-0.2, 0) is 0 Å². The van der Waals surface area contributed by atoms with Gasteiger partial charge in [-0.15, -0.1) is 0 Å². The topological polar surface area (TPSA) is 43.8 Å². The molecule has 21 heavy (non-hydrogen) atoms. The Morgan fingerprint density at radius 2 is 2.00 bits per heavy atom. The number of hydrogen-bond acceptors (Lipinski definition) is 2. The first-order valence-electron chi connectivity index (χ1n) is 6.86. The molecule has 5 heteroatoms. The number of fused-ring (bicyclic) bond motifs is 1. The number of rotatable bonds is 2. The smallest absolute Gasteiger partial charge is 0.142 e. The van der Waals surface area contributed by atoms with Gasteiger partial charge in [-0.2, -0.15) is 0 Å². The van der Waals surface area contributed by atoms with E-state index in [9.17, 15) is 0 Å². The van der Waals surface area contributed by atoms with E-state index in [4.69, 9.17) is 22.3 Å². The number of aromatic nitrogens is 2. The minimum atomic E-state index is 0.527. The highest BCUT2D eigenvalue weighted by atomic mass is 79.9. The first-order valence-corrected chi connectivity index (χ1v) is 8.03. The summed E-state index contributed by atoms with van der Waals surface area (Å²) in [4.78, 5) is 4.80. The fraction of sp³-hybridized carbons (Fsp3) is 0.188. The first kappa shape index (κ1) is 13.2. The molecular formula is C16H13BrClN3. The van der Waals surface area contributed by atoms with Crippen LogP contribution in [0.25, 0.3) is 22.4 Å². The molecule has 0 saturated heterocycles. The predicted octanol–water partition coefficient (Wildman–Crippen LogP) is 5.04. The molecule has 106 valence electrons. The summed E-state index contributed by atoms with van der Waals surface area (Å²) in [5, 5.41) is 0.709. The van der Waals surface area contributed by atoms with Crippen LogP contribution < -0.4 is 5.73 Å². The third-order valence-electron chi connectivity index (χ3n) is 3.79. The quantitative estimate of drug-likeness (QED) is 0.649. The molecule has 3 nitrogen and oxygen atoms in total. The van der Waals surface area contributed by atoms with Gasteiger partial charge in [-0.3, -0.25) is 0 Å². The third kappa shape index (κ3) is 2.23. The summed E-state index contributed by atoms with van der Waals surface area (Å²) in [6.45, 7) is 0. The van der Waals surface area contributed by atoms with E-state index in [0.29, 0.717) is 11.1 Å². The molecule has 3 aromatic rings. The number of nitrogens with two attached hydrogens (primary N) is 1. The van der Waals surface area contributed by atoms with E-state index in [2.05, 4.69) is 20.5 Å². The molecule has 2 N–H and O–H groups in total. The largest absolute Gasteiger partial charge is 0.399 e. The van der Waals surface area contributed by atoms with Crippen LogP contribution in [0.1, 0.15) is 18.9 Å². The van der Waals surface area contributed by atoms with Crippen LogP contribution in [0, 0.1) is 0 Å². The van der Waals surface area contributed by atoms with E-state index < -0.39 is 0 Å². The predicted molar refractivity (Wildman–Crippen MR) is 90.6 cm³/mol. The van der Waals surface area contributed by atoms with Crippen molar-refractivity contribution < 1.29 is 0 Å². The Balaban J connectivity index is 2.03. The fourth-order valence-electron chi connectivity index (χ4n) is 2.68. The summed E-state index contributed by atoms with van der Waals surface area (Å²) < 4.78 is 3.31. The minimum Gasteiger partial charge on any atom is -0.399 e. The molecule has 4 rings (SSSR count). The zero-order valence-corrected chi connectivity index (χ0v) is 13.5. The van der Waals surface area contributed by atoms with Gasteiger partial charge in [-0.1, -0.05) is 27.5 Å². The van der Waals surface area contributed by atoms with E-state index in [0.717, 1.165) is 32.6 Å². The second-order valence-corrected chi connectivity index (χ2v) is 6.70. The fourth-order valence-corrected chi connectivity index (χ4v) is 3.27. The second kappa shape index (κ2) is 4.75. The van der Waals surface area contributed by atoms with E-state index in [1.807, 2.05) is 36.4 Å². The molecule has 0 atom stereocenters. The second-order valence-electron chi connectivity index (χ2n) is 5.41. The van der Waals surface area contributed by atoms with Crippen LogP contribution in [-0.4, -0.2) is 9.55 Å². The zero-order chi connectivity index (χ0) is 14.6. The maximum absolute atomic E-state index is 6.10. The van der Waals surface area contributed by atoms with Crippen molar-refractivity contribution in [3.63, 3.8) is 0 Å². The monoisotopic (exact) mass is 361 g/mol. The molecule has 1 heterocycles. The highest BCUT2D eigenvalue weighted by Gasteiger charge is 2.29. The Bertz CT molecular complexity index is 852. The maximum atomic E-state index is 6.10. The summed E-state index contributed by atoms with van der Waals surface area (Å²) in [7, 11) is 0. The molecule has 0 radical (unpaired) electrons.